The van der Waals surface area contributed by atoms with Gasteiger partial charge in [-0.05, 0) is 18.1 Å². The Morgan fingerprint density at radius 1 is 1.05 bits per heavy atom. The summed E-state index contributed by atoms with van der Waals surface area (Å²) in [5.74, 6) is 0. The number of nitrogens with zero attached hydrogens (tertiary/aromatic N) is 4. The third-order valence-corrected chi connectivity index (χ3v) is 3.76. The van der Waals surface area contributed by atoms with Crippen LogP contribution in [0.5, 0.6) is 0 Å². The van der Waals surface area contributed by atoms with Crippen molar-refractivity contribution in [3.8, 4) is 6.07 Å². The second kappa shape index (κ2) is 6.23. The minimum Gasteiger partial charge on any atom is -0.240 e. The first-order chi connectivity index (χ1) is 10.8. The number of benzene rings is 2. The Morgan fingerprint density at radius 3 is 2.32 bits per heavy atom. The molecule has 3 rings (SSSR count). The predicted octanol–water partition coefficient (Wildman–Crippen LogP) is 3.35. The molecule has 1 aromatic heterocycles. The Balaban J connectivity index is 1.99. The van der Waals surface area contributed by atoms with E-state index in [1.54, 1.807) is 0 Å². The topological polar surface area (TPSA) is 54.5 Å². The molecule has 0 fully saturated rings. The van der Waals surface area contributed by atoms with Crippen LogP contribution >= 0.6 is 0 Å². The third-order valence-electron chi connectivity index (χ3n) is 3.76. The molecule has 108 valence electrons. The molecule has 4 nitrogen and oxygen atoms in total. The first kappa shape index (κ1) is 14.0. The number of aromatic nitrogens is 3. The molecule has 4 heteroatoms. The number of hydrogen-bond acceptors (Lipinski definition) is 3. The van der Waals surface area contributed by atoms with Gasteiger partial charge in [-0.15, -0.1) is 5.10 Å². The summed E-state index contributed by atoms with van der Waals surface area (Å²) in [6, 6.07) is 22.4. The molecule has 0 aliphatic carbocycles. The fourth-order valence-corrected chi connectivity index (χ4v) is 2.54. The fourth-order valence-electron chi connectivity index (χ4n) is 2.54. The average Bonchev–Trinajstić information content (AvgIpc) is 2.98. The molecule has 0 amide bonds. The summed E-state index contributed by atoms with van der Waals surface area (Å²) >= 11 is 0. The largest absolute Gasteiger partial charge is 0.240 e. The van der Waals surface area contributed by atoms with E-state index in [1.165, 1.54) is 0 Å². The molecule has 0 saturated heterocycles. The van der Waals surface area contributed by atoms with Crippen molar-refractivity contribution in [2.75, 3.05) is 0 Å². The van der Waals surface area contributed by atoms with Gasteiger partial charge < -0.3 is 0 Å². The SMILES string of the molecule is CC(c1ccccc1)n1nnc(C#N)c1Cc1ccccc1. The first-order valence-corrected chi connectivity index (χ1v) is 7.22. The normalized spacial score (nSPS) is 11.8. The van der Waals surface area contributed by atoms with Crippen molar-refractivity contribution in [2.45, 2.75) is 19.4 Å². The molecular weight excluding hydrogens is 272 g/mol. The van der Waals surface area contributed by atoms with E-state index in [2.05, 4.69) is 35.4 Å². The summed E-state index contributed by atoms with van der Waals surface area (Å²) in [6.45, 7) is 2.07. The summed E-state index contributed by atoms with van der Waals surface area (Å²) < 4.78 is 1.85. The predicted molar refractivity (Wildman–Crippen MR) is 84.2 cm³/mol. The summed E-state index contributed by atoms with van der Waals surface area (Å²) in [5, 5.41) is 17.5. The summed E-state index contributed by atoms with van der Waals surface area (Å²) in [7, 11) is 0. The van der Waals surface area contributed by atoms with Crippen LogP contribution in [0.4, 0.5) is 0 Å². The Kier molecular flexibility index (Phi) is 3.97. The van der Waals surface area contributed by atoms with Gasteiger partial charge in [0, 0.05) is 6.42 Å². The molecule has 3 aromatic rings. The van der Waals surface area contributed by atoms with Crippen LogP contribution in [-0.2, 0) is 6.42 Å². The van der Waals surface area contributed by atoms with E-state index in [-0.39, 0.29) is 6.04 Å². The molecule has 0 aliphatic heterocycles. The fraction of sp³-hybridized carbons (Fsp3) is 0.167. The van der Waals surface area contributed by atoms with E-state index in [0.29, 0.717) is 12.1 Å². The third kappa shape index (κ3) is 2.75. The van der Waals surface area contributed by atoms with E-state index < -0.39 is 0 Å². The van der Waals surface area contributed by atoms with Gasteiger partial charge in [0.2, 0.25) is 0 Å². The molecule has 22 heavy (non-hydrogen) atoms. The van der Waals surface area contributed by atoms with Crippen LogP contribution in [0.1, 0.15) is 35.5 Å². The van der Waals surface area contributed by atoms with E-state index in [4.69, 9.17) is 0 Å². The van der Waals surface area contributed by atoms with E-state index in [1.807, 2.05) is 53.2 Å². The Hall–Kier alpha value is -2.93. The van der Waals surface area contributed by atoms with Crippen molar-refractivity contribution >= 4 is 0 Å². The molecule has 0 bridgehead atoms. The van der Waals surface area contributed by atoms with Gasteiger partial charge in [0.15, 0.2) is 5.69 Å². The van der Waals surface area contributed by atoms with E-state index >= 15 is 0 Å². The maximum absolute atomic E-state index is 9.30. The zero-order valence-corrected chi connectivity index (χ0v) is 12.3. The molecule has 0 aliphatic rings. The molecule has 0 radical (unpaired) electrons. The van der Waals surface area contributed by atoms with Gasteiger partial charge in [-0.1, -0.05) is 65.9 Å². The van der Waals surface area contributed by atoms with Crippen molar-refractivity contribution in [3.63, 3.8) is 0 Å². The van der Waals surface area contributed by atoms with Crippen LogP contribution < -0.4 is 0 Å². The summed E-state index contributed by atoms with van der Waals surface area (Å²) in [5.41, 5.74) is 3.53. The number of rotatable bonds is 4. The molecule has 1 unspecified atom stereocenters. The lowest BCUT2D eigenvalue weighted by atomic mass is 10.1. The first-order valence-electron chi connectivity index (χ1n) is 7.22. The zero-order valence-electron chi connectivity index (χ0n) is 12.3. The molecule has 0 N–H and O–H groups in total. The molecule has 0 saturated carbocycles. The van der Waals surface area contributed by atoms with Crippen molar-refractivity contribution in [2.24, 2.45) is 0 Å². The molecule has 2 aromatic carbocycles. The van der Waals surface area contributed by atoms with Gasteiger partial charge in [0.1, 0.15) is 6.07 Å². The van der Waals surface area contributed by atoms with Crippen LogP contribution in [0.15, 0.2) is 60.7 Å². The van der Waals surface area contributed by atoms with Crippen molar-refractivity contribution in [3.05, 3.63) is 83.2 Å². The maximum atomic E-state index is 9.30. The lowest BCUT2D eigenvalue weighted by molar-refractivity contribution is 0.525. The molecule has 0 spiro atoms. The zero-order chi connectivity index (χ0) is 15.4. The van der Waals surface area contributed by atoms with E-state index in [9.17, 15) is 5.26 Å². The number of hydrogen-bond donors (Lipinski definition) is 0. The second-order valence-corrected chi connectivity index (χ2v) is 5.19. The smallest absolute Gasteiger partial charge is 0.186 e. The molecular formula is C18H16N4. The van der Waals surface area contributed by atoms with Crippen LogP contribution in [0.2, 0.25) is 0 Å². The van der Waals surface area contributed by atoms with Gasteiger partial charge in [0.05, 0.1) is 11.7 Å². The second-order valence-electron chi connectivity index (χ2n) is 5.19. The highest BCUT2D eigenvalue weighted by molar-refractivity contribution is 5.32. The van der Waals surface area contributed by atoms with Gasteiger partial charge >= 0.3 is 0 Å². The Morgan fingerprint density at radius 2 is 1.68 bits per heavy atom. The lowest BCUT2D eigenvalue weighted by Gasteiger charge is -2.15. The maximum Gasteiger partial charge on any atom is 0.186 e. The minimum absolute atomic E-state index is 0.0366. The summed E-state index contributed by atoms with van der Waals surface area (Å²) in [4.78, 5) is 0. The van der Waals surface area contributed by atoms with Crippen LogP contribution in [0, 0.1) is 11.3 Å². The van der Waals surface area contributed by atoms with Crippen molar-refractivity contribution < 1.29 is 0 Å². The Labute approximate surface area is 129 Å². The highest BCUT2D eigenvalue weighted by Crippen LogP contribution is 2.21. The van der Waals surface area contributed by atoms with Crippen LogP contribution in [-0.4, -0.2) is 15.0 Å². The summed E-state index contributed by atoms with van der Waals surface area (Å²) in [6.07, 6.45) is 0.647. The average molecular weight is 288 g/mol. The number of nitriles is 1. The lowest BCUT2D eigenvalue weighted by Crippen LogP contribution is -2.13. The van der Waals surface area contributed by atoms with Gasteiger partial charge in [-0.2, -0.15) is 5.26 Å². The quantitative estimate of drug-likeness (QED) is 0.739. The monoisotopic (exact) mass is 288 g/mol. The van der Waals surface area contributed by atoms with Crippen LogP contribution in [0.3, 0.4) is 0 Å². The van der Waals surface area contributed by atoms with Gasteiger partial charge in [-0.3, -0.25) is 0 Å². The van der Waals surface area contributed by atoms with E-state index in [0.717, 1.165) is 16.8 Å². The Bertz CT molecular complexity index is 785. The molecule has 1 atom stereocenters. The van der Waals surface area contributed by atoms with Crippen LogP contribution in [0.25, 0.3) is 0 Å². The van der Waals surface area contributed by atoms with Crippen molar-refractivity contribution in [1.29, 1.82) is 5.26 Å². The van der Waals surface area contributed by atoms with Crippen molar-refractivity contribution in [1.82, 2.24) is 15.0 Å². The van der Waals surface area contributed by atoms with Gasteiger partial charge in [0.25, 0.3) is 0 Å². The highest BCUT2D eigenvalue weighted by Gasteiger charge is 2.18. The minimum atomic E-state index is 0.0366. The van der Waals surface area contributed by atoms with Gasteiger partial charge in [-0.25, -0.2) is 4.68 Å². The highest BCUT2D eigenvalue weighted by atomic mass is 15.4. The standard InChI is InChI=1S/C18H16N4/c1-14(16-10-6-3-7-11-16)22-18(17(13-19)20-21-22)12-15-8-4-2-5-9-15/h2-11,14H,12H2,1H3. The molecule has 1 heterocycles.